The van der Waals surface area contributed by atoms with Crippen molar-refractivity contribution in [3.8, 4) is 11.1 Å². The van der Waals surface area contributed by atoms with E-state index in [9.17, 15) is 14.0 Å². The monoisotopic (exact) mass is 456 g/mol. The number of nitrogens with zero attached hydrogens (tertiary/aromatic N) is 1. The molecule has 0 bridgehead atoms. The highest BCUT2D eigenvalue weighted by atomic mass is 35.5. The molecule has 2 heterocycles. The van der Waals surface area contributed by atoms with E-state index in [1.807, 2.05) is 0 Å². The number of hydrogen-bond acceptors (Lipinski definition) is 4. The van der Waals surface area contributed by atoms with Crippen LogP contribution in [0.2, 0.25) is 5.02 Å². The minimum atomic E-state index is -0.535. The summed E-state index contributed by atoms with van der Waals surface area (Å²) in [6.45, 7) is 1.92. The second kappa shape index (κ2) is 8.53. The van der Waals surface area contributed by atoms with E-state index in [-0.39, 0.29) is 17.9 Å². The number of aryl methyl sites for hydroxylation is 1. The Hall–Kier alpha value is -3.16. The van der Waals surface area contributed by atoms with Crippen molar-refractivity contribution in [1.29, 1.82) is 0 Å². The van der Waals surface area contributed by atoms with Crippen LogP contribution >= 0.6 is 22.9 Å². The molecule has 0 radical (unpaired) electrons. The highest BCUT2D eigenvalue weighted by Gasteiger charge is 2.24. The maximum atomic E-state index is 14.1. The Morgan fingerprint density at radius 3 is 2.61 bits per heavy atom. The van der Waals surface area contributed by atoms with Gasteiger partial charge in [-0.05, 0) is 42.8 Å². The molecule has 2 aromatic carbocycles. The smallest absolute Gasteiger partial charge is 0.341 e. The van der Waals surface area contributed by atoms with Crippen LogP contribution in [0.5, 0.6) is 0 Å². The fourth-order valence-electron chi connectivity index (χ4n) is 3.41. The van der Waals surface area contributed by atoms with E-state index in [2.05, 4.69) is 5.32 Å². The van der Waals surface area contributed by atoms with Gasteiger partial charge in [0.05, 0.1) is 12.1 Å². The molecule has 0 saturated carbocycles. The van der Waals surface area contributed by atoms with E-state index in [0.717, 1.165) is 5.56 Å². The van der Waals surface area contributed by atoms with Crippen LogP contribution in [0.3, 0.4) is 0 Å². The first-order chi connectivity index (χ1) is 14.9. The van der Waals surface area contributed by atoms with Crippen LogP contribution in [0.1, 0.15) is 27.8 Å². The van der Waals surface area contributed by atoms with Gasteiger partial charge in [0.2, 0.25) is 0 Å². The molecule has 158 valence electrons. The van der Waals surface area contributed by atoms with Crippen molar-refractivity contribution in [2.45, 2.75) is 6.92 Å². The maximum Gasteiger partial charge on any atom is 0.341 e. The van der Waals surface area contributed by atoms with Gasteiger partial charge < -0.3 is 14.6 Å². The molecule has 5 nitrogen and oxygen atoms in total. The lowest BCUT2D eigenvalue weighted by atomic mass is 10.0. The number of fused-ring (bicyclic) bond motifs is 1. The molecule has 0 unspecified atom stereocenters. The van der Waals surface area contributed by atoms with E-state index in [4.69, 9.17) is 16.3 Å². The van der Waals surface area contributed by atoms with Crippen molar-refractivity contribution in [2.75, 3.05) is 11.9 Å². The molecule has 1 amide bonds. The third-order valence-electron chi connectivity index (χ3n) is 4.92. The minimum Gasteiger partial charge on any atom is -0.462 e. The van der Waals surface area contributed by atoms with Crippen LogP contribution in [0.25, 0.3) is 22.0 Å². The minimum absolute atomic E-state index is 0.199. The molecule has 0 aliphatic heterocycles. The first-order valence-electron chi connectivity index (χ1n) is 9.50. The molecule has 4 rings (SSSR count). The van der Waals surface area contributed by atoms with Gasteiger partial charge in [-0.15, -0.1) is 11.3 Å². The van der Waals surface area contributed by atoms with E-state index in [1.54, 1.807) is 60.3 Å². The van der Waals surface area contributed by atoms with Crippen LogP contribution in [-0.4, -0.2) is 23.1 Å². The summed E-state index contributed by atoms with van der Waals surface area (Å²) in [5.74, 6) is -1.39. The molecule has 2 aromatic heterocycles. The lowest BCUT2D eigenvalue weighted by molar-refractivity contribution is 0.0529. The average Bonchev–Trinajstić information content (AvgIpc) is 3.31. The molecule has 0 fully saturated rings. The molecule has 31 heavy (non-hydrogen) atoms. The van der Waals surface area contributed by atoms with Gasteiger partial charge in [0, 0.05) is 28.4 Å². The number of thiophene rings is 1. The molecule has 1 N–H and O–H groups in total. The molecule has 0 aliphatic rings. The molecule has 8 heteroatoms. The van der Waals surface area contributed by atoms with E-state index < -0.39 is 17.7 Å². The topological polar surface area (TPSA) is 60.3 Å². The largest absolute Gasteiger partial charge is 0.462 e. The Morgan fingerprint density at radius 1 is 1.19 bits per heavy atom. The Bertz CT molecular complexity index is 1290. The quantitative estimate of drug-likeness (QED) is 0.367. The first-order valence-corrected chi connectivity index (χ1v) is 10.8. The maximum absolute atomic E-state index is 14.1. The Kier molecular flexibility index (Phi) is 5.80. The number of aromatic nitrogens is 1. The number of benzene rings is 2. The zero-order valence-corrected chi connectivity index (χ0v) is 18.3. The summed E-state index contributed by atoms with van der Waals surface area (Å²) in [4.78, 5) is 25.7. The van der Waals surface area contributed by atoms with E-state index in [1.165, 1.54) is 23.5 Å². The molecular weight excluding hydrogens is 439 g/mol. The summed E-state index contributed by atoms with van der Waals surface area (Å²) < 4.78 is 21.0. The molecular formula is C23H18ClFN2O3S. The number of carbonyl (C=O) groups is 2. The number of carbonyl (C=O) groups excluding carboxylic acids is 2. The number of halogens is 2. The number of esters is 1. The van der Waals surface area contributed by atoms with Crippen molar-refractivity contribution in [3.63, 3.8) is 0 Å². The molecule has 0 spiro atoms. The Labute approximate surface area is 187 Å². The van der Waals surface area contributed by atoms with Gasteiger partial charge in [0.1, 0.15) is 22.1 Å². The molecule has 0 saturated heterocycles. The van der Waals surface area contributed by atoms with Crippen LogP contribution in [0.4, 0.5) is 9.39 Å². The lowest BCUT2D eigenvalue weighted by Crippen LogP contribution is -2.17. The number of anilines is 1. The van der Waals surface area contributed by atoms with Crippen LogP contribution in [-0.2, 0) is 11.8 Å². The predicted octanol–water partition coefficient (Wildman–Crippen LogP) is 6.13. The zero-order valence-electron chi connectivity index (χ0n) is 16.7. The molecule has 0 aliphatic carbocycles. The Balaban J connectivity index is 1.74. The predicted molar refractivity (Wildman–Crippen MR) is 122 cm³/mol. The van der Waals surface area contributed by atoms with Crippen molar-refractivity contribution in [2.24, 2.45) is 7.05 Å². The van der Waals surface area contributed by atoms with Gasteiger partial charge in [-0.3, -0.25) is 4.79 Å². The highest BCUT2D eigenvalue weighted by Crippen LogP contribution is 2.37. The summed E-state index contributed by atoms with van der Waals surface area (Å²) in [6.07, 6.45) is 0. The molecule has 0 atom stereocenters. The zero-order chi connectivity index (χ0) is 22.1. The number of amides is 1. The first kappa shape index (κ1) is 21.1. The Morgan fingerprint density at radius 2 is 1.94 bits per heavy atom. The summed E-state index contributed by atoms with van der Waals surface area (Å²) >= 11 is 7.20. The number of hydrogen-bond donors (Lipinski definition) is 1. The second-order valence-electron chi connectivity index (χ2n) is 6.80. The van der Waals surface area contributed by atoms with Gasteiger partial charge in [0.15, 0.2) is 0 Å². The summed E-state index contributed by atoms with van der Waals surface area (Å²) in [5.41, 5.74) is 2.56. The summed E-state index contributed by atoms with van der Waals surface area (Å²) in [7, 11) is 1.69. The second-order valence-corrected chi connectivity index (χ2v) is 8.11. The van der Waals surface area contributed by atoms with Crippen molar-refractivity contribution in [3.05, 3.63) is 76.0 Å². The van der Waals surface area contributed by atoms with Gasteiger partial charge >= 0.3 is 5.97 Å². The van der Waals surface area contributed by atoms with E-state index >= 15 is 0 Å². The van der Waals surface area contributed by atoms with E-state index in [0.29, 0.717) is 26.5 Å². The summed E-state index contributed by atoms with van der Waals surface area (Å²) in [6, 6.07) is 13.2. The van der Waals surface area contributed by atoms with Crippen molar-refractivity contribution < 1.29 is 18.7 Å². The number of nitrogens with one attached hydrogen (secondary N) is 1. The fourth-order valence-corrected chi connectivity index (χ4v) is 4.49. The van der Waals surface area contributed by atoms with Gasteiger partial charge in [-0.2, -0.15) is 0 Å². The van der Waals surface area contributed by atoms with Crippen molar-refractivity contribution in [1.82, 2.24) is 4.57 Å². The third-order valence-corrected chi connectivity index (χ3v) is 6.07. The van der Waals surface area contributed by atoms with Crippen molar-refractivity contribution >= 4 is 50.7 Å². The normalized spacial score (nSPS) is 11.0. The standard InChI is InChI=1S/C23H18ClFN2O3S/c1-3-30-23(29)20-16(13-7-9-14(24)10-8-13)12-31-22(20)26-21(28)19-11-15-17(25)5-4-6-18(15)27(19)2/h4-12H,3H2,1-2H3,(H,26,28). The van der Waals surface area contributed by atoms with Gasteiger partial charge in [-0.25, -0.2) is 9.18 Å². The van der Waals surface area contributed by atoms with Gasteiger partial charge in [-0.1, -0.05) is 29.8 Å². The number of rotatable bonds is 5. The third kappa shape index (κ3) is 3.94. The fraction of sp³-hybridized carbons (Fsp3) is 0.130. The number of ether oxygens (including phenoxy) is 1. The lowest BCUT2D eigenvalue weighted by Gasteiger charge is -2.09. The van der Waals surface area contributed by atoms with Crippen LogP contribution < -0.4 is 5.32 Å². The molecule has 4 aromatic rings. The SMILES string of the molecule is CCOC(=O)c1c(-c2ccc(Cl)cc2)csc1NC(=O)c1cc2c(F)cccc2n1C. The van der Waals surface area contributed by atoms with Gasteiger partial charge in [0.25, 0.3) is 5.91 Å². The van der Waals surface area contributed by atoms with Crippen LogP contribution in [0.15, 0.2) is 53.9 Å². The average molecular weight is 457 g/mol. The summed E-state index contributed by atoms with van der Waals surface area (Å²) in [5, 5.41) is 5.88. The highest BCUT2D eigenvalue weighted by molar-refractivity contribution is 7.15. The van der Waals surface area contributed by atoms with Crippen LogP contribution in [0, 0.1) is 5.82 Å².